The first kappa shape index (κ1) is 16.0. The first-order chi connectivity index (χ1) is 10.2. The molecule has 0 radical (unpaired) electrons. The Morgan fingerprint density at radius 1 is 1.05 bits per heavy atom. The van der Waals surface area contributed by atoms with Crippen molar-refractivity contribution >= 4 is 11.6 Å². The van der Waals surface area contributed by atoms with Crippen LogP contribution in [0.3, 0.4) is 0 Å². The molecule has 21 heavy (non-hydrogen) atoms. The van der Waals surface area contributed by atoms with Crippen molar-refractivity contribution in [1.29, 1.82) is 0 Å². The van der Waals surface area contributed by atoms with Crippen molar-refractivity contribution in [1.82, 2.24) is 4.90 Å². The maximum atomic E-state index is 13.9. The van der Waals surface area contributed by atoms with Crippen molar-refractivity contribution in [2.75, 3.05) is 13.1 Å². The normalized spacial score (nSPS) is 11.0. The lowest BCUT2D eigenvalue weighted by molar-refractivity contribution is 0.251. The Morgan fingerprint density at radius 3 is 2.48 bits per heavy atom. The zero-order valence-corrected chi connectivity index (χ0v) is 12.7. The number of hydrogen-bond acceptors (Lipinski definition) is 2. The van der Waals surface area contributed by atoms with E-state index >= 15 is 0 Å². The summed E-state index contributed by atoms with van der Waals surface area (Å²) >= 11 is 5.80. The van der Waals surface area contributed by atoms with Gasteiger partial charge in [-0.2, -0.15) is 0 Å². The summed E-state index contributed by atoms with van der Waals surface area (Å²) in [6.07, 6.45) is 0.891. The van der Waals surface area contributed by atoms with Crippen molar-refractivity contribution in [3.8, 4) is 0 Å². The molecule has 112 valence electrons. The van der Waals surface area contributed by atoms with E-state index < -0.39 is 0 Å². The fraction of sp³-hybridized carbons (Fsp3) is 0.294. The van der Waals surface area contributed by atoms with Crippen molar-refractivity contribution < 1.29 is 4.39 Å². The lowest BCUT2D eigenvalue weighted by atomic mass is 10.1. The molecular weight excluding hydrogens is 287 g/mol. The molecule has 0 heterocycles. The van der Waals surface area contributed by atoms with Gasteiger partial charge in [-0.1, -0.05) is 48.0 Å². The van der Waals surface area contributed by atoms with Crippen LogP contribution in [0.15, 0.2) is 48.5 Å². The SMILES string of the molecule is NCCCN(Cc1ccccc1)Cc1ccc(Cl)cc1F. The topological polar surface area (TPSA) is 29.3 Å². The van der Waals surface area contributed by atoms with Crippen LogP contribution in [0.5, 0.6) is 0 Å². The van der Waals surface area contributed by atoms with Crippen molar-refractivity contribution in [3.05, 3.63) is 70.5 Å². The van der Waals surface area contributed by atoms with Crippen LogP contribution in [0.2, 0.25) is 5.02 Å². The van der Waals surface area contributed by atoms with E-state index in [4.69, 9.17) is 17.3 Å². The van der Waals surface area contributed by atoms with Gasteiger partial charge in [-0.05, 0) is 30.7 Å². The Hall–Kier alpha value is -1.42. The Labute approximate surface area is 130 Å². The van der Waals surface area contributed by atoms with E-state index in [1.807, 2.05) is 18.2 Å². The average Bonchev–Trinajstić information content (AvgIpc) is 2.48. The highest BCUT2D eigenvalue weighted by molar-refractivity contribution is 6.30. The number of halogens is 2. The van der Waals surface area contributed by atoms with Gasteiger partial charge in [0.25, 0.3) is 0 Å². The Morgan fingerprint density at radius 2 is 1.81 bits per heavy atom. The second kappa shape index (κ2) is 8.13. The van der Waals surface area contributed by atoms with Crippen molar-refractivity contribution in [2.45, 2.75) is 19.5 Å². The van der Waals surface area contributed by atoms with E-state index in [1.54, 1.807) is 12.1 Å². The van der Waals surface area contributed by atoms with Gasteiger partial charge in [0.05, 0.1) is 0 Å². The average molecular weight is 307 g/mol. The smallest absolute Gasteiger partial charge is 0.129 e. The van der Waals surface area contributed by atoms with E-state index in [0.29, 0.717) is 23.7 Å². The second-order valence-electron chi connectivity index (χ2n) is 5.07. The predicted molar refractivity (Wildman–Crippen MR) is 85.6 cm³/mol. The zero-order chi connectivity index (χ0) is 15.1. The fourth-order valence-electron chi connectivity index (χ4n) is 2.26. The summed E-state index contributed by atoms with van der Waals surface area (Å²) < 4.78 is 13.9. The van der Waals surface area contributed by atoms with Gasteiger partial charge in [0.1, 0.15) is 5.82 Å². The van der Waals surface area contributed by atoms with Crippen LogP contribution in [0, 0.1) is 5.82 Å². The minimum atomic E-state index is -0.256. The van der Waals surface area contributed by atoms with Crippen LogP contribution >= 0.6 is 11.6 Å². The van der Waals surface area contributed by atoms with Crippen LogP contribution in [-0.2, 0) is 13.1 Å². The van der Waals surface area contributed by atoms with Crippen LogP contribution in [-0.4, -0.2) is 18.0 Å². The summed E-state index contributed by atoms with van der Waals surface area (Å²) in [5.74, 6) is -0.256. The molecule has 0 saturated heterocycles. The molecule has 0 aliphatic carbocycles. The van der Waals surface area contributed by atoms with E-state index in [2.05, 4.69) is 17.0 Å². The lowest BCUT2D eigenvalue weighted by Gasteiger charge is -2.22. The molecule has 0 atom stereocenters. The van der Waals surface area contributed by atoms with Gasteiger partial charge in [-0.15, -0.1) is 0 Å². The van der Waals surface area contributed by atoms with Gasteiger partial charge < -0.3 is 5.73 Å². The molecular formula is C17H20ClFN2. The highest BCUT2D eigenvalue weighted by Gasteiger charge is 2.10. The Kier molecular flexibility index (Phi) is 6.18. The number of nitrogens with two attached hydrogens (primary N) is 1. The maximum absolute atomic E-state index is 13.9. The quantitative estimate of drug-likeness (QED) is 0.842. The Balaban J connectivity index is 2.08. The molecule has 0 aliphatic rings. The fourth-order valence-corrected chi connectivity index (χ4v) is 2.42. The molecule has 0 saturated carbocycles. The van der Waals surface area contributed by atoms with E-state index in [1.165, 1.54) is 11.6 Å². The molecule has 2 aromatic rings. The summed E-state index contributed by atoms with van der Waals surface area (Å²) in [7, 11) is 0. The van der Waals surface area contributed by atoms with Gasteiger partial charge in [0, 0.05) is 30.2 Å². The maximum Gasteiger partial charge on any atom is 0.129 e. The summed E-state index contributed by atoms with van der Waals surface area (Å²) in [6, 6.07) is 15.0. The first-order valence-electron chi connectivity index (χ1n) is 7.09. The largest absolute Gasteiger partial charge is 0.330 e. The van der Waals surface area contributed by atoms with Crippen molar-refractivity contribution in [2.24, 2.45) is 5.73 Å². The third kappa shape index (κ3) is 5.12. The van der Waals surface area contributed by atoms with Crippen molar-refractivity contribution in [3.63, 3.8) is 0 Å². The van der Waals surface area contributed by atoms with E-state index in [9.17, 15) is 4.39 Å². The van der Waals surface area contributed by atoms with Gasteiger partial charge in [-0.3, -0.25) is 4.90 Å². The molecule has 0 unspecified atom stereocenters. The molecule has 0 amide bonds. The molecule has 2 aromatic carbocycles. The standard InChI is InChI=1S/C17H20ClFN2/c18-16-8-7-15(17(19)11-16)13-21(10-4-9-20)12-14-5-2-1-3-6-14/h1-3,5-8,11H,4,9-10,12-13,20H2. The van der Waals surface area contributed by atoms with Gasteiger partial charge in [0.2, 0.25) is 0 Å². The van der Waals surface area contributed by atoms with Gasteiger partial charge >= 0.3 is 0 Å². The molecule has 2 rings (SSSR count). The predicted octanol–water partition coefficient (Wildman–Crippen LogP) is 3.83. The summed E-state index contributed by atoms with van der Waals surface area (Å²) in [4.78, 5) is 2.20. The van der Waals surface area contributed by atoms with Gasteiger partial charge in [0.15, 0.2) is 0 Å². The summed E-state index contributed by atoms with van der Waals surface area (Å²) in [6.45, 7) is 2.81. The molecule has 0 aliphatic heterocycles. The molecule has 0 spiro atoms. The first-order valence-corrected chi connectivity index (χ1v) is 7.47. The van der Waals surface area contributed by atoms with Crippen LogP contribution in [0.25, 0.3) is 0 Å². The molecule has 0 bridgehead atoms. The number of nitrogens with zero attached hydrogens (tertiary/aromatic N) is 1. The second-order valence-corrected chi connectivity index (χ2v) is 5.51. The van der Waals surface area contributed by atoms with E-state index in [-0.39, 0.29) is 5.82 Å². The highest BCUT2D eigenvalue weighted by Crippen LogP contribution is 2.17. The number of rotatable bonds is 7. The van der Waals surface area contributed by atoms with Gasteiger partial charge in [-0.25, -0.2) is 4.39 Å². The third-order valence-corrected chi connectivity index (χ3v) is 3.57. The minimum absolute atomic E-state index is 0.256. The third-order valence-electron chi connectivity index (χ3n) is 3.34. The highest BCUT2D eigenvalue weighted by atomic mass is 35.5. The monoisotopic (exact) mass is 306 g/mol. The minimum Gasteiger partial charge on any atom is -0.330 e. The van der Waals surface area contributed by atoms with Crippen LogP contribution in [0.4, 0.5) is 4.39 Å². The van der Waals surface area contributed by atoms with Crippen LogP contribution in [0.1, 0.15) is 17.5 Å². The van der Waals surface area contributed by atoms with Crippen LogP contribution < -0.4 is 5.73 Å². The molecule has 0 aromatic heterocycles. The molecule has 4 heteroatoms. The Bertz CT molecular complexity index is 560. The summed E-state index contributed by atoms with van der Waals surface area (Å²) in [5.41, 5.74) is 7.47. The number of hydrogen-bond donors (Lipinski definition) is 1. The zero-order valence-electron chi connectivity index (χ0n) is 11.9. The molecule has 2 N–H and O–H groups in total. The van der Waals surface area contributed by atoms with E-state index in [0.717, 1.165) is 19.5 Å². The lowest BCUT2D eigenvalue weighted by Crippen LogP contribution is -2.26. The molecule has 0 fully saturated rings. The molecule has 2 nitrogen and oxygen atoms in total. The number of benzene rings is 2. The summed E-state index contributed by atoms with van der Waals surface area (Å²) in [5, 5.41) is 0.424.